The van der Waals surface area contributed by atoms with Crippen molar-refractivity contribution in [3.05, 3.63) is 52.0 Å². The quantitative estimate of drug-likeness (QED) is 0.263. The van der Waals surface area contributed by atoms with Crippen molar-refractivity contribution in [3.8, 4) is 0 Å². The Balaban J connectivity index is 1.62. The van der Waals surface area contributed by atoms with E-state index in [2.05, 4.69) is 25.8 Å². The van der Waals surface area contributed by atoms with Crippen LogP contribution >= 0.6 is 11.3 Å². The molecule has 2 aromatic rings. The number of rotatable bonds is 12. The Bertz CT molecular complexity index is 1540. The van der Waals surface area contributed by atoms with Crippen molar-refractivity contribution in [2.24, 2.45) is 11.8 Å². The van der Waals surface area contributed by atoms with E-state index in [9.17, 15) is 27.9 Å². The molecular formula is C35H53N5O6S2. The minimum Gasteiger partial charge on any atom is -0.390 e. The topological polar surface area (TPSA) is 158 Å². The van der Waals surface area contributed by atoms with E-state index in [1.54, 1.807) is 12.3 Å². The summed E-state index contributed by atoms with van der Waals surface area (Å²) in [7, 11) is -3.86. The number of hydrogen-bond donors (Lipinski definition) is 4. The zero-order chi connectivity index (χ0) is 35.4. The van der Waals surface area contributed by atoms with Gasteiger partial charge in [0, 0.05) is 36.0 Å². The highest BCUT2D eigenvalue weighted by molar-refractivity contribution is 7.92. The van der Waals surface area contributed by atoms with E-state index >= 15 is 0 Å². The summed E-state index contributed by atoms with van der Waals surface area (Å²) in [6.45, 7) is 11.2. The molecule has 266 valence electrons. The number of β-amino-alcohol motifs (C(OH)–C–C–N with tert-alkyl or cyclic N) is 1. The number of aliphatic hydroxyl groups is 1. The van der Waals surface area contributed by atoms with Crippen molar-refractivity contribution in [1.29, 1.82) is 0 Å². The summed E-state index contributed by atoms with van der Waals surface area (Å²) in [5, 5.41) is 22.4. The monoisotopic (exact) mass is 703 g/mol. The number of aromatic nitrogens is 1. The van der Waals surface area contributed by atoms with Crippen LogP contribution in [0.2, 0.25) is 0 Å². The summed E-state index contributed by atoms with van der Waals surface area (Å²) >= 11 is 1.10. The summed E-state index contributed by atoms with van der Waals surface area (Å²) < 4.78 is 24.2. The number of nitrogens with one attached hydrogen (secondary N) is 3. The number of likely N-dealkylation sites (tertiary alicyclic amines) is 1. The zero-order valence-corrected chi connectivity index (χ0v) is 30.9. The number of fused-ring (bicyclic) bond motifs is 1. The average Bonchev–Trinajstić information content (AvgIpc) is 3.44. The van der Waals surface area contributed by atoms with Gasteiger partial charge in [0.2, 0.25) is 11.8 Å². The van der Waals surface area contributed by atoms with Crippen LogP contribution in [0.1, 0.15) is 87.8 Å². The second-order valence-corrected chi connectivity index (χ2v) is 18.7. The number of aliphatic hydroxyl groups excluding tert-OH is 1. The van der Waals surface area contributed by atoms with E-state index in [4.69, 9.17) is 0 Å². The summed E-state index contributed by atoms with van der Waals surface area (Å²) in [4.78, 5) is 47.2. The SMILES string of the molecule is Cc1csc(C(=O)NC(C(=O)NC(Cc2ccccc2)C(O)CN2CC3CCCCC3CC2C(=O)NC(C)(C)C)C(C)(C)S(C)(=O)=O)n1. The molecule has 3 amide bonds. The van der Waals surface area contributed by atoms with Gasteiger partial charge in [-0.15, -0.1) is 11.3 Å². The van der Waals surface area contributed by atoms with Gasteiger partial charge >= 0.3 is 0 Å². The number of carbonyl (C=O) groups excluding carboxylic acids is 3. The zero-order valence-electron chi connectivity index (χ0n) is 29.3. The van der Waals surface area contributed by atoms with Crippen molar-refractivity contribution < 1.29 is 27.9 Å². The lowest BCUT2D eigenvalue weighted by Gasteiger charge is -2.47. The molecule has 13 heteroatoms. The Kier molecular flexibility index (Phi) is 12.1. The molecule has 2 heterocycles. The maximum Gasteiger partial charge on any atom is 0.280 e. The fraction of sp³-hybridized carbons (Fsp3) is 0.657. The second kappa shape index (κ2) is 15.3. The lowest BCUT2D eigenvalue weighted by molar-refractivity contribution is -0.133. The molecular weight excluding hydrogens is 651 g/mol. The number of aryl methyl sites for hydroxylation is 1. The fourth-order valence-electron chi connectivity index (χ4n) is 6.83. The molecule has 11 nitrogen and oxygen atoms in total. The van der Waals surface area contributed by atoms with Crippen LogP contribution in [0.3, 0.4) is 0 Å². The number of carbonyl (C=O) groups is 3. The number of hydrogen-bond acceptors (Lipinski definition) is 9. The molecule has 0 bridgehead atoms. The predicted molar refractivity (Wildman–Crippen MR) is 188 cm³/mol. The Labute approximate surface area is 289 Å². The first-order valence-corrected chi connectivity index (χ1v) is 19.6. The molecule has 1 saturated heterocycles. The smallest absolute Gasteiger partial charge is 0.280 e. The molecule has 1 aliphatic heterocycles. The molecule has 6 unspecified atom stereocenters. The minimum absolute atomic E-state index is 0.0718. The molecule has 0 radical (unpaired) electrons. The highest BCUT2D eigenvalue weighted by atomic mass is 32.2. The van der Waals surface area contributed by atoms with Gasteiger partial charge in [-0.3, -0.25) is 19.3 Å². The van der Waals surface area contributed by atoms with Crippen molar-refractivity contribution in [2.45, 2.75) is 115 Å². The normalized spacial score (nSPS) is 22.5. The van der Waals surface area contributed by atoms with Gasteiger partial charge in [-0.05, 0) is 78.2 Å². The highest BCUT2D eigenvalue weighted by Gasteiger charge is 2.46. The number of piperidine rings is 1. The fourth-order valence-corrected chi connectivity index (χ4v) is 8.12. The molecule has 4 N–H and O–H groups in total. The summed E-state index contributed by atoms with van der Waals surface area (Å²) in [6, 6.07) is 6.63. The van der Waals surface area contributed by atoms with Gasteiger partial charge in [0.25, 0.3) is 5.91 Å². The predicted octanol–water partition coefficient (Wildman–Crippen LogP) is 3.26. The third-order valence-corrected chi connectivity index (χ3v) is 12.9. The second-order valence-electron chi connectivity index (χ2n) is 15.2. The maximum atomic E-state index is 14.1. The Hall–Kier alpha value is -2.87. The van der Waals surface area contributed by atoms with Crippen molar-refractivity contribution in [2.75, 3.05) is 19.3 Å². The largest absolute Gasteiger partial charge is 0.390 e. The van der Waals surface area contributed by atoms with Gasteiger partial charge in [0.15, 0.2) is 14.8 Å². The molecule has 2 aliphatic rings. The third kappa shape index (κ3) is 9.64. The molecule has 1 aliphatic carbocycles. The molecule has 1 aromatic heterocycles. The molecule has 1 saturated carbocycles. The van der Waals surface area contributed by atoms with E-state index in [1.165, 1.54) is 13.8 Å². The molecule has 6 atom stereocenters. The van der Waals surface area contributed by atoms with Gasteiger partial charge in [-0.25, -0.2) is 13.4 Å². The van der Waals surface area contributed by atoms with Crippen LogP contribution in [0.4, 0.5) is 0 Å². The van der Waals surface area contributed by atoms with Crippen molar-refractivity contribution >= 4 is 38.9 Å². The Morgan fingerprint density at radius 1 is 1.04 bits per heavy atom. The van der Waals surface area contributed by atoms with Gasteiger partial charge in [-0.2, -0.15) is 0 Å². The number of benzene rings is 1. The lowest BCUT2D eigenvalue weighted by Crippen LogP contribution is -2.64. The van der Waals surface area contributed by atoms with E-state index in [-0.39, 0.29) is 23.9 Å². The van der Waals surface area contributed by atoms with Crippen LogP contribution in [0, 0.1) is 18.8 Å². The van der Waals surface area contributed by atoms with E-state index in [1.807, 2.05) is 51.1 Å². The first kappa shape index (κ1) is 37.9. The van der Waals surface area contributed by atoms with Crippen LogP contribution < -0.4 is 16.0 Å². The summed E-state index contributed by atoms with van der Waals surface area (Å²) in [5.41, 5.74) is 1.07. The third-order valence-electron chi connectivity index (χ3n) is 9.82. The summed E-state index contributed by atoms with van der Waals surface area (Å²) in [6.07, 6.45) is 5.35. The van der Waals surface area contributed by atoms with Crippen molar-refractivity contribution in [1.82, 2.24) is 25.8 Å². The van der Waals surface area contributed by atoms with Crippen LogP contribution in [0.15, 0.2) is 35.7 Å². The maximum absolute atomic E-state index is 14.1. The van der Waals surface area contributed by atoms with Crippen LogP contribution in [0.25, 0.3) is 0 Å². The molecule has 0 spiro atoms. The Morgan fingerprint density at radius 2 is 1.69 bits per heavy atom. The number of sulfone groups is 1. The van der Waals surface area contributed by atoms with Crippen molar-refractivity contribution in [3.63, 3.8) is 0 Å². The average molecular weight is 704 g/mol. The molecule has 1 aromatic carbocycles. The van der Waals surface area contributed by atoms with Gasteiger partial charge in [-0.1, -0.05) is 49.6 Å². The minimum atomic E-state index is -3.86. The Morgan fingerprint density at radius 3 is 2.27 bits per heavy atom. The molecule has 48 heavy (non-hydrogen) atoms. The highest BCUT2D eigenvalue weighted by Crippen LogP contribution is 2.39. The summed E-state index contributed by atoms with van der Waals surface area (Å²) in [5.74, 6) is -0.589. The van der Waals surface area contributed by atoms with Gasteiger partial charge < -0.3 is 21.1 Å². The van der Waals surface area contributed by atoms with E-state index in [0.29, 0.717) is 30.5 Å². The first-order chi connectivity index (χ1) is 22.4. The van der Waals surface area contributed by atoms with Crippen LogP contribution in [0.5, 0.6) is 0 Å². The first-order valence-electron chi connectivity index (χ1n) is 16.9. The number of nitrogens with zero attached hydrogens (tertiary/aromatic N) is 2. The molecule has 2 fully saturated rings. The van der Waals surface area contributed by atoms with Gasteiger partial charge in [0.05, 0.1) is 22.9 Å². The number of amides is 3. The lowest BCUT2D eigenvalue weighted by atomic mass is 9.72. The van der Waals surface area contributed by atoms with E-state index < -0.39 is 56.2 Å². The number of thiazole rings is 1. The van der Waals surface area contributed by atoms with Crippen LogP contribution in [-0.4, -0.2) is 95.0 Å². The van der Waals surface area contributed by atoms with Crippen LogP contribution in [-0.2, 0) is 25.8 Å². The van der Waals surface area contributed by atoms with E-state index in [0.717, 1.165) is 48.8 Å². The van der Waals surface area contributed by atoms with Gasteiger partial charge in [0.1, 0.15) is 6.04 Å². The molecule has 4 rings (SSSR count). The standard InChI is InChI=1S/C35H53N5O6S2/c1-22-21-47-33(36-22)32(44)38-29(35(5,6)48(7,45)46)31(43)37-26(17-23-13-9-8-10-14-23)28(41)20-40-19-25-16-12-11-15-24(25)18-27(40)30(42)39-34(2,3)4/h8-10,13-14,21,24-29,41H,11-12,15-20H2,1-7H3,(H,37,43)(H,38,44)(H,39,42).